The molecule has 1 unspecified atom stereocenters. The second-order valence-corrected chi connectivity index (χ2v) is 6.34. The molecule has 0 aliphatic heterocycles. The fraction of sp³-hybridized carbons (Fsp3) is 0.217. The monoisotopic (exact) mass is 331 g/mol. The molecule has 0 heterocycles. The Morgan fingerprint density at radius 3 is 2.20 bits per heavy atom. The van der Waals surface area contributed by atoms with Crippen LogP contribution in [0.15, 0.2) is 78.9 Å². The zero-order valence-corrected chi connectivity index (χ0v) is 14.9. The van der Waals surface area contributed by atoms with Crippen molar-refractivity contribution in [2.24, 2.45) is 0 Å². The minimum atomic E-state index is 0.297. The van der Waals surface area contributed by atoms with E-state index in [2.05, 4.69) is 79.8 Å². The molecule has 128 valence electrons. The molecule has 0 aliphatic rings. The van der Waals surface area contributed by atoms with Crippen LogP contribution in [0, 0.1) is 6.92 Å². The number of hydrogen-bond acceptors (Lipinski definition) is 2. The van der Waals surface area contributed by atoms with E-state index in [-0.39, 0.29) is 0 Å². The molecule has 3 aromatic rings. The summed E-state index contributed by atoms with van der Waals surface area (Å²) in [6, 6.07) is 27.4. The highest BCUT2D eigenvalue weighted by atomic mass is 16.5. The van der Waals surface area contributed by atoms with Crippen LogP contribution in [0.1, 0.15) is 35.2 Å². The lowest BCUT2D eigenvalue weighted by molar-refractivity contribution is 0.301. The Balaban J connectivity index is 1.64. The van der Waals surface area contributed by atoms with Gasteiger partial charge in [-0.25, -0.2) is 0 Å². The first-order valence-corrected chi connectivity index (χ1v) is 8.77. The van der Waals surface area contributed by atoms with Crippen LogP contribution in [-0.2, 0) is 13.2 Å². The van der Waals surface area contributed by atoms with Crippen molar-refractivity contribution in [2.75, 3.05) is 0 Å². The number of hydrogen-bond donors (Lipinski definition) is 1. The van der Waals surface area contributed by atoms with E-state index in [0.717, 1.165) is 12.3 Å². The summed E-state index contributed by atoms with van der Waals surface area (Å²) in [5.41, 5.74) is 4.96. The number of rotatable bonds is 7. The summed E-state index contributed by atoms with van der Waals surface area (Å²) in [6.45, 7) is 5.68. The molecule has 2 heteroatoms. The second-order valence-electron chi connectivity index (χ2n) is 6.34. The number of benzene rings is 3. The average molecular weight is 331 g/mol. The molecule has 0 bridgehead atoms. The molecule has 3 rings (SSSR count). The summed E-state index contributed by atoms with van der Waals surface area (Å²) >= 11 is 0. The molecule has 2 nitrogen and oxygen atoms in total. The van der Waals surface area contributed by atoms with Gasteiger partial charge in [-0.15, -0.1) is 0 Å². The molecule has 3 aromatic carbocycles. The van der Waals surface area contributed by atoms with Crippen LogP contribution in [0.2, 0.25) is 0 Å². The van der Waals surface area contributed by atoms with Crippen LogP contribution in [0.4, 0.5) is 0 Å². The number of ether oxygens (including phenoxy) is 1. The fourth-order valence-corrected chi connectivity index (χ4v) is 2.84. The van der Waals surface area contributed by atoms with Gasteiger partial charge < -0.3 is 10.1 Å². The zero-order valence-electron chi connectivity index (χ0n) is 14.9. The number of aryl methyl sites for hydroxylation is 1. The maximum Gasteiger partial charge on any atom is 0.124 e. The van der Waals surface area contributed by atoms with Gasteiger partial charge in [-0.05, 0) is 36.6 Å². The molecular weight excluding hydrogens is 306 g/mol. The molecule has 0 aromatic heterocycles. The van der Waals surface area contributed by atoms with Gasteiger partial charge >= 0.3 is 0 Å². The van der Waals surface area contributed by atoms with Crippen molar-refractivity contribution in [2.45, 2.75) is 33.0 Å². The van der Waals surface area contributed by atoms with Crippen LogP contribution in [-0.4, -0.2) is 0 Å². The quantitative estimate of drug-likeness (QED) is 0.624. The predicted molar refractivity (Wildman–Crippen MR) is 104 cm³/mol. The van der Waals surface area contributed by atoms with Crippen LogP contribution in [0.5, 0.6) is 5.75 Å². The molecule has 0 amide bonds. The summed E-state index contributed by atoms with van der Waals surface area (Å²) < 4.78 is 6.10. The third-order valence-corrected chi connectivity index (χ3v) is 4.52. The number of para-hydroxylation sites is 1. The molecule has 1 N–H and O–H groups in total. The van der Waals surface area contributed by atoms with E-state index in [1.807, 2.05) is 18.2 Å². The lowest BCUT2D eigenvalue weighted by Crippen LogP contribution is -2.18. The Bertz CT molecular complexity index is 798. The lowest BCUT2D eigenvalue weighted by atomic mass is 10.1. The lowest BCUT2D eigenvalue weighted by Gasteiger charge is -2.17. The second kappa shape index (κ2) is 8.50. The molecule has 1 atom stereocenters. The van der Waals surface area contributed by atoms with Crippen molar-refractivity contribution in [3.8, 4) is 5.75 Å². The van der Waals surface area contributed by atoms with Gasteiger partial charge in [-0.3, -0.25) is 0 Å². The smallest absolute Gasteiger partial charge is 0.124 e. The van der Waals surface area contributed by atoms with Crippen molar-refractivity contribution < 1.29 is 4.74 Å². The van der Waals surface area contributed by atoms with E-state index in [0.29, 0.717) is 12.6 Å². The van der Waals surface area contributed by atoms with Crippen LogP contribution in [0.3, 0.4) is 0 Å². The van der Waals surface area contributed by atoms with E-state index in [4.69, 9.17) is 4.74 Å². The maximum atomic E-state index is 6.10. The van der Waals surface area contributed by atoms with Crippen molar-refractivity contribution in [3.05, 3.63) is 101 Å². The Kier molecular flexibility index (Phi) is 5.86. The largest absolute Gasteiger partial charge is 0.489 e. The number of nitrogens with one attached hydrogen (secondary N) is 1. The zero-order chi connectivity index (χ0) is 17.5. The van der Waals surface area contributed by atoms with Gasteiger partial charge in [0.15, 0.2) is 0 Å². The fourth-order valence-electron chi connectivity index (χ4n) is 2.84. The topological polar surface area (TPSA) is 21.3 Å². The predicted octanol–water partition coefficient (Wildman–Crippen LogP) is 5.42. The summed E-state index contributed by atoms with van der Waals surface area (Å²) in [6.07, 6.45) is 0. The summed E-state index contributed by atoms with van der Waals surface area (Å²) in [5, 5.41) is 3.59. The highest BCUT2D eigenvalue weighted by molar-refractivity contribution is 5.34. The molecule has 0 aliphatic carbocycles. The Morgan fingerprint density at radius 1 is 0.800 bits per heavy atom. The average Bonchev–Trinajstić information content (AvgIpc) is 2.67. The molecule has 25 heavy (non-hydrogen) atoms. The first-order chi connectivity index (χ1) is 12.2. The Morgan fingerprint density at radius 2 is 1.44 bits per heavy atom. The molecule has 0 saturated carbocycles. The molecule has 0 fully saturated rings. The first kappa shape index (κ1) is 17.2. The van der Waals surface area contributed by atoms with Crippen molar-refractivity contribution in [1.29, 1.82) is 0 Å². The van der Waals surface area contributed by atoms with Gasteiger partial charge in [-0.2, -0.15) is 0 Å². The Labute approximate surface area is 150 Å². The molecular formula is C23H25NO. The van der Waals surface area contributed by atoms with Gasteiger partial charge in [0.05, 0.1) is 0 Å². The summed E-state index contributed by atoms with van der Waals surface area (Å²) in [5.74, 6) is 0.943. The van der Waals surface area contributed by atoms with Crippen LogP contribution in [0.25, 0.3) is 0 Å². The van der Waals surface area contributed by atoms with E-state index in [1.54, 1.807) is 0 Å². The molecule has 0 saturated heterocycles. The third kappa shape index (κ3) is 4.71. The molecule has 0 spiro atoms. The summed E-state index contributed by atoms with van der Waals surface area (Å²) in [4.78, 5) is 0. The first-order valence-electron chi connectivity index (χ1n) is 8.77. The minimum absolute atomic E-state index is 0.297. The van der Waals surface area contributed by atoms with E-state index < -0.39 is 0 Å². The van der Waals surface area contributed by atoms with E-state index in [1.165, 1.54) is 22.3 Å². The van der Waals surface area contributed by atoms with E-state index >= 15 is 0 Å². The standard InChI is InChI=1S/C23H25NO/c1-18-10-6-7-14-22(18)17-25-23-15-9-8-13-21(23)16-24-19(2)20-11-4-3-5-12-20/h3-15,19,24H,16-17H2,1-2H3. The van der Waals surface area contributed by atoms with Gasteiger partial charge in [0.1, 0.15) is 12.4 Å². The van der Waals surface area contributed by atoms with E-state index in [9.17, 15) is 0 Å². The maximum absolute atomic E-state index is 6.10. The van der Waals surface area contributed by atoms with Crippen molar-refractivity contribution in [3.63, 3.8) is 0 Å². The van der Waals surface area contributed by atoms with Gasteiger partial charge in [0.25, 0.3) is 0 Å². The molecule has 0 radical (unpaired) electrons. The SMILES string of the molecule is Cc1ccccc1COc1ccccc1CNC(C)c1ccccc1. The van der Waals surface area contributed by atoms with Crippen molar-refractivity contribution in [1.82, 2.24) is 5.32 Å². The van der Waals surface area contributed by atoms with Gasteiger partial charge in [0, 0.05) is 18.2 Å². The Hall–Kier alpha value is -2.58. The highest BCUT2D eigenvalue weighted by Gasteiger charge is 2.08. The normalized spacial score (nSPS) is 11.9. The summed E-state index contributed by atoms with van der Waals surface area (Å²) in [7, 11) is 0. The van der Waals surface area contributed by atoms with Crippen LogP contribution >= 0.6 is 0 Å². The van der Waals surface area contributed by atoms with Crippen LogP contribution < -0.4 is 10.1 Å². The third-order valence-electron chi connectivity index (χ3n) is 4.52. The van der Waals surface area contributed by atoms with Gasteiger partial charge in [0.2, 0.25) is 0 Å². The van der Waals surface area contributed by atoms with Gasteiger partial charge in [-0.1, -0.05) is 72.8 Å². The minimum Gasteiger partial charge on any atom is -0.489 e. The van der Waals surface area contributed by atoms with Crippen molar-refractivity contribution >= 4 is 0 Å². The highest BCUT2D eigenvalue weighted by Crippen LogP contribution is 2.21.